The quantitative estimate of drug-likeness (QED) is 0.867. The first-order chi connectivity index (χ1) is 9.35. The van der Waals surface area contributed by atoms with Crippen LogP contribution in [-0.4, -0.2) is 42.7 Å². The van der Waals surface area contributed by atoms with E-state index >= 15 is 0 Å². The Kier molecular flexibility index (Phi) is 5.31. The molecule has 0 saturated carbocycles. The van der Waals surface area contributed by atoms with E-state index in [4.69, 9.17) is 9.84 Å². The lowest BCUT2D eigenvalue weighted by molar-refractivity contribution is -0.137. The van der Waals surface area contributed by atoms with Crippen LogP contribution in [0.5, 0.6) is 5.75 Å². The molecule has 0 aliphatic rings. The summed E-state index contributed by atoms with van der Waals surface area (Å²) in [6.45, 7) is 1.77. The van der Waals surface area contributed by atoms with Crippen LogP contribution in [0.2, 0.25) is 0 Å². The average molecular weight is 284 g/mol. The Hall–Kier alpha value is -2.31. The molecular formula is C13H17FN2O4. The molecule has 0 spiro atoms. The normalized spacial score (nSPS) is 10.0. The van der Waals surface area contributed by atoms with Crippen LogP contribution in [-0.2, 0) is 4.79 Å². The minimum absolute atomic E-state index is 0.0683. The highest BCUT2D eigenvalue weighted by Crippen LogP contribution is 2.25. The van der Waals surface area contributed by atoms with Crippen molar-refractivity contribution < 1.29 is 23.8 Å². The van der Waals surface area contributed by atoms with Gasteiger partial charge < -0.3 is 20.1 Å². The fraction of sp³-hybridized carbons (Fsp3) is 0.385. The average Bonchev–Trinajstić information content (AvgIpc) is 2.39. The number of benzene rings is 1. The van der Waals surface area contributed by atoms with Crippen molar-refractivity contribution in [2.75, 3.05) is 26.0 Å². The number of aryl methyl sites for hydroxylation is 1. The Morgan fingerprint density at radius 2 is 2.10 bits per heavy atom. The molecule has 0 saturated heterocycles. The van der Waals surface area contributed by atoms with Gasteiger partial charge in [-0.05, 0) is 18.6 Å². The van der Waals surface area contributed by atoms with Gasteiger partial charge in [0.1, 0.15) is 0 Å². The minimum atomic E-state index is -0.990. The maximum atomic E-state index is 13.6. The number of aliphatic carboxylic acids is 1. The second kappa shape index (κ2) is 6.74. The lowest BCUT2D eigenvalue weighted by atomic mass is 10.2. The standard InChI is InChI=1S/C13H17FN2O4/c1-8-6-11(20-3)9(14)7-10(8)15-13(19)16(2)5-4-12(17)18/h6-7H,4-5H2,1-3H3,(H,15,19)(H,17,18). The van der Waals surface area contributed by atoms with Gasteiger partial charge in [-0.2, -0.15) is 0 Å². The fourth-order valence-corrected chi connectivity index (χ4v) is 1.52. The number of nitrogens with zero attached hydrogens (tertiary/aromatic N) is 1. The Bertz CT molecular complexity index is 519. The molecule has 2 amide bonds. The number of carboxylic acids is 1. The summed E-state index contributed by atoms with van der Waals surface area (Å²) >= 11 is 0. The molecule has 0 radical (unpaired) electrons. The first kappa shape index (κ1) is 15.7. The first-order valence-corrected chi connectivity index (χ1v) is 5.93. The number of urea groups is 1. The van der Waals surface area contributed by atoms with E-state index in [0.29, 0.717) is 11.3 Å². The number of ether oxygens (including phenoxy) is 1. The van der Waals surface area contributed by atoms with Gasteiger partial charge in [-0.1, -0.05) is 0 Å². The number of carboxylic acid groups (broad SMARTS) is 1. The molecular weight excluding hydrogens is 267 g/mol. The Labute approximate surface area is 116 Å². The Morgan fingerprint density at radius 3 is 2.65 bits per heavy atom. The molecule has 0 heterocycles. The van der Waals surface area contributed by atoms with Crippen LogP contribution < -0.4 is 10.1 Å². The number of amides is 2. The minimum Gasteiger partial charge on any atom is -0.494 e. The molecule has 20 heavy (non-hydrogen) atoms. The van der Waals surface area contributed by atoms with E-state index < -0.39 is 17.8 Å². The number of halogens is 1. The SMILES string of the molecule is COc1cc(C)c(NC(=O)N(C)CCC(=O)O)cc1F. The van der Waals surface area contributed by atoms with Gasteiger partial charge in [0.25, 0.3) is 0 Å². The highest BCUT2D eigenvalue weighted by Gasteiger charge is 2.13. The molecule has 1 rings (SSSR count). The van der Waals surface area contributed by atoms with Gasteiger partial charge in [0.15, 0.2) is 11.6 Å². The van der Waals surface area contributed by atoms with Gasteiger partial charge in [-0.3, -0.25) is 4.79 Å². The van der Waals surface area contributed by atoms with Crippen LogP contribution in [0.3, 0.4) is 0 Å². The topological polar surface area (TPSA) is 78.9 Å². The molecule has 0 bridgehead atoms. The maximum absolute atomic E-state index is 13.6. The van der Waals surface area contributed by atoms with E-state index in [1.165, 1.54) is 25.1 Å². The second-order valence-electron chi connectivity index (χ2n) is 4.30. The van der Waals surface area contributed by atoms with E-state index in [1.54, 1.807) is 6.92 Å². The van der Waals surface area contributed by atoms with Crippen molar-refractivity contribution in [2.24, 2.45) is 0 Å². The van der Waals surface area contributed by atoms with Crippen molar-refractivity contribution >= 4 is 17.7 Å². The summed E-state index contributed by atoms with van der Waals surface area (Å²) in [6.07, 6.45) is -0.153. The van der Waals surface area contributed by atoms with Crippen LogP contribution >= 0.6 is 0 Å². The van der Waals surface area contributed by atoms with Crippen molar-refractivity contribution in [3.63, 3.8) is 0 Å². The summed E-state index contributed by atoms with van der Waals surface area (Å²) in [4.78, 5) is 23.5. The van der Waals surface area contributed by atoms with E-state index in [9.17, 15) is 14.0 Å². The van der Waals surface area contributed by atoms with Crippen LogP contribution in [0, 0.1) is 12.7 Å². The lowest BCUT2D eigenvalue weighted by Crippen LogP contribution is -2.33. The van der Waals surface area contributed by atoms with Gasteiger partial charge in [0, 0.05) is 25.3 Å². The fourth-order valence-electron chi connectivity index (χ4n) is 1.52. The number of methoxy groups -OCH3 is 1. The summed E-state index contributed by atoms with van der Waals surface area (Å²) in [6, 6.07) is 2.14. The molecule has 0 atom stereocenters. The monoisotopic (exact) mass is 284 g/mol. The summed E-state index contributed by atoms with van der Waals surface area (Å²) in [5.41, 5.74) is 0.957. The van der Waals surface area contributed by atoms with E-state index in [2.05, 4.69) is 5.32 Å². The predicted octanol–water partition coefficient (Wildman–Crippen LogP) is 2.08. The van der Waals surface area contributed by atoms with Crippen molar-refractivity contribution in [1.29, 1.82) is 0 Å². The van der Waals surface area contributed by atoms with Crippen molar-refractivity contribution in [3.05, 3.63) is 23.5 Å². The Morgan fingerprint density at radius 1 is 1.45 bits per heavy atom. The molecule has 2 N–H and O–H groups in total. The molecule has 0 aliphatic carbocycles. The third kappa shape index (κ3) is 4.11. The Balaban J connectivity index is 2.75. The van der Waals surface area contributed by atoms with Gasteiger partial charge in [0.2, 0.25) is 0 Å². The van der Waals surface area contributed by atoms with Crippen LogP contribution in [0.4, 0.5) is 14.9 Å². The zero-order valence-corrected chi connectivity index (χ0v) is 11.6. The number of nitrogens with one attached hydrogen (secondary N) is 1. The number of carbonyl (C=O) groups is 2. The van der Waals surface area contributed by atoms with Gasteiger partial charge in [-0.15, -0.1) is 0 Å². The third-order valence-corrected chi connectivity index (χ3v) is 2.75. The largest absolute Gasteiger partial charge is 0.494 e. The summed E-state index contributed by atoms with van der Waals surface area (Å²) < 4.78 is 18.4. The molecule has 6 nitrogen and oxygen atoms in total. The molecule has 1 aromatic carbocycles. The number of rotatable bonds is 5. The zero-order chi connectivity index (χ0) is 15.3. The van der Waals surface area contributed by atoms with Crippen LogP contribution in [0.25, 0.3) is 0 Å². The summed E-state index contributed by atoms with van der Waals surface area (Å²) in [5, 5.41) is 11.1. The third-order valence-electron chi connectivity index (χ3n) is 2.75. The highest BCUT2D eigenvalue weighted by molar-refractivity contribution is 5.90. The van der Waals surface area contributed by atoms with Crippen LogP contribution in [0.15, 0.2) is 12.1 Å². The van der Waals surface area contributed by atoms with E-state index in [0.717, 1.165) is 6.07 Å². The number of anilines is 1. The van der Waals surface area contributed by atoms with Crippen molar-refractivity contribution in [3.8, 4) is 5.75 Å². The van der Waals surface area contributed by atoms with Crippen molar-refractivity contribution in [1.82, 2.24) is 4.90 Å². The number of carbonyl (C=O) groups excluding carboxylic acids is 1. The first-order valence-electron chi connectivity index (χ1n) is 5.93. The predicted molar refractivity (Wildman–Crippen MR) is 71.6 cm³/mol. The lowest BCUT2D eigenvalue weighted by Gasteiger charge is -2.18. The van der Waals surface area contributed by atoms with Gasteiger partial charge >= 0.3 is 12.0 Å². The summed E-state index contributed by atoms with van der Waals surface area (Å²) in [5.74, 6) is -1.47. The molecule has 0 aliphatic heterocycles. The van der Waals surface area contributed by atoms with E-state index in [1.807, 2.05) is 0 Å². The highest BCUT2D eigenvalue weighted by atomic mass is 19.1. The summed E-state index contributed by atoms with van der Waals surface area (Å²) in [7, 11) is 2.82. The maximum Gasteiger partial charge on any atom is 0.321 e. The number of hydrogen-bond donors (Lipinski definition) is 2. The number of hydrogen-bond acceptors (Lipinski definition) is 3. The second-order valence-corrected chi connectivity index (χ2v) is 4.30. The molecule has 0 fully saturated rings. The van der Waals surface area contributed by atoms with Crippen LogP contribution in [0.1, 0.15) is 12.0 Å². The van der Waals surface area contributed by atoms with Gasteiger partial charge in [-0.25, -0.2) is 9.18 Å². The zero-order valence-electron chi connectivity index (χ0n) is 11.6. The molecule has 0 unspecified atom stereocenters. The molecule has 110 valence electrons. The smallest absolute Gasteiger partial charge is 0.321 e. The van der Waals surface area contributed by atoms with Crippen molar-refractivity contribution in [2.45, 2.75) is 13.3 Å². The van der Waals surface area contributed by atoms with Gasteiger partial charge in [0.05, 0.1) is 13.5 Å². The molecule has 0 aromatic heterocycles. The molecule has 7 heteroatoms. The molecule has 1 aromatic rings. The van der Waals surface area contributed by atoms with E-state index in [-0.39, 0.29) is 18.7 Å².